The lowest BCUT2D eigenvalue weighted by atomic mass is 10.3. The van der Waals surface area contributed by atoms with Crippen molar-refractivity contribution in [3.8, 4) is 5.75 Å². The zero-order chi connectivity index (χ0) is 10.4. The summed E-state index contributed by atoms with van der Waals surface area (Å²) in [6, 6.07) is 8.08. The van der Waals surface area contributed by atoms with Crippen LogP contribution in [0.1, 0.15) is 0 Å². The fourth-order valence-electron chi connectivity index (χ4n) is 1.12. The molecule has 0 aliphatic rings. The summed E-state index contributed by atoms with van der Waals surface area (Å²) in [4.78, 5) is 2.06. The molecule has 0 heterocycles. The summed E-state index contributed by atoms with van der Waals surface area (Å²) in [5, 5.41) is 3.04. The second-order valence-corrected chi connectivity index (χ2v) is 3.34. The summed E-state index contributed by atoms with van der Waals surface area (Å²) in [7, 11) is 5.96. The maximum Gasteiger partial charge on any atom is 0.121 e. The molecule has 0 saturated carbocycles. The third-order valence-electron chi connectivity index (χ3n) is 1.95. The first-order valence-corrected chi connectivity index (χ1v) is 4.79. The Morgan fingerprint density at radius 1 is 1.36 bits per heavy atom. The SMILES string of the molecule is CNCCOc1cccc(N(C)C)c1. The number of benzene rings is 1. The van der Waals surface area contributed by atoms with Crippen molar-refractivity contribution in [2.75, 3.05) is 39.2 Å². The second kappa shape index (κ2) is 5.50. The van der Waals surface area contributed by atoms with Crippen molar-refractivity contribution in [2.45, 2.75) is 0 Å². The lowest BCUT2D eigenvalue weighted by molar-refractivity contribution is 0.318. The molecule has 0 saturated heterocycles. The normalized spacial score (nSPS) is 9.93. The zero-order valence-electron chi connectivity index (χ0n) is 9.08. The van der Waals surface area contributed by atoms with Crippen molar-refractivity contribution in [3.05, 3.63) is 24.3 Å². The van der Waals surface area contributed by atoms with Crippen LogP contribution in [-0.4, -0.2) is 34.3 Å². The van der Waals surface area contributed by atoms with E-state index in [1.165, 1.54) is 0 Å². The average molecular weight is 194 g/mol. The van der Waals surface area contributed by atoms with E-state index in [-0.39, 0.29) is 0 Å². The van der Waals surface area contributed by atoms with E-state index in [1.54, 1.807) is 0 Å². The second-order valence-electron chi connectivity index (χ2n) is 3.34. The molecular weight excluding hydrogens is 176 g/mol. The third kappa shape index (κ3) is 3.26. The molecule has 1 rings (SSSR count). The molecule has 0 unspecified atom stereocenters. The van der Waals surface area contributed by atoms with E-state index < -0.39 is 0 Å². The Hall–Kier alpha value is -1.22. The van der Waals surface area contributed by atoms with E-state index in [2.05, 4.69) is 16.3 Å². The first kappa shape index (κ1) is 10.9. The van der Waals surface area contributed by atoms with E-state index >= 15 is 0 Å². The summed E-state index contributed by atoms with van der Waals surface area (Å²) >= 11 is 0. The first-order valence-electron chi connectivity index (χ1n) is 4.79. The van der Waals surface area contributed by atoms with Crippen LogP contribution >= 0.6 is 0 Å². The Kier molecular flexibility index (Phi) is 4.26. The quantitative estimate of drug-likeness (QED) is 0.716. The predicted molar refractivity (Wildman–Crippen MR) is 60.2 cm³/mol. The van der Waals surface area contributed by atoms with Crippen LogP contribution in [0.5, 0.6) is 5.75 Å². The fourth-order valence-corrected chi connectivity index (χ4v) is 1.12. The van der Waals surface area contributed by atoms with Crippen molar-refractivity contribution >= 4 is 5.69 Å². The van der Waals surface area contributed by atoms with Gasteiger partial charge in [-0.1, -0.05) is 6.07 Å². The van der Waals surface area contributed by atoms with Crippen LogP contribution in [0.2, 0.25) is 0 Å². The van der Waals surface area contributed by atoms with Gasteiger partial charge in [-0.3, -0.25) is 0 Å². The first-order chi connectivity index (χ1) is 6.74. The van der Waals surface area contributed by atoms with Gasteiger partial charge in [0.05, 0.1) is 0 Å². The van der Waals surface area contributed by atoms with Gasteiger partial charge < -0.3 is 15.0 Å². The molecule has 0 atom stereocenters. The molecule has 0 fully saturated rings. The number of nitrogens with one attached hydrogen (secondary N) is 1. The van der Waals surface area contributed by atoms with Gasteiger partial charge in [0.25, 0.3) is 0 Å². The van der Waals surface area contributed by atoms with E-state index in [1.807, 2.05) is 39.3 Å². The van der Waals surface area contributed by atoms with Crippen LogP contribution < -0.4 is 15.0 Å². The molecule has 1 aromatic rings. The van der Waals surface area contributed by atoms with Crippen molar-refractivity contribution in [1.29, 1.82) is 0 Å². The molecular formula is C11H18N2O. The van der Waals surface area contributed by atoms with E-state index in [4.69, 9.17) is 4.74 Å². The van der Waals surface area contributed by atoms with Gasteiger partial charge in [0, 0.05) is 32.4 Å². The molecule has 0 amide bonds. The molecule has 0 aliphatic heterocycles. The molecule has 3 nitrogen and oxygen atoms in total. The van der Waals surface area contributed by atoms with E-state index in [9.17, 15) is 0 Å². The summed E-state index contributed by atoms with van der Waals surface area (Å²) in [6.07, 6.45) is 0. The van der Waals surface area contributed by atoms with Crippen LogP contribution in [0, 0.1) is 0 Å². The molecule has 14 heavy (non-hydrogen) atoms. The molecule has 0 radical (unpaired) electrons. The van der Waals surface area contributed by atoms with Gasteiger partial charge in [0.1, 0.15) is 12.4 Å². The summed E-state index contributed by atoms with van der Waals surface area (Å²) < 4.78 is 5.55. The van der Waals surface area contributed by atoms with Crippen molar-refractivity contribution < 1.29 is 4.74 Å². The number of rotatable bonds is 5. The van der Waals surface area contributed by atoms with Gasteiger partial charge in [-0.05, 0) is 19.2 Å². The Bertz CT molecular complexity index is 274. The van der Waals surface area contributed by atoms with Gasteiger partial charge in [0.2, 0.25) is 0 Å². The number of ether oxygens (including phenoxy) is 1. The molecule has 0 spiro atoms. The monoisotopic (exact) mass is 194 g/mol. The smallest absolute Gasteiger partial charge is 0.121 e. The fraction of sp³-hybridized carbons (Fsp3) is 0.455. The Morgan fingerprint density at radius 3 is 2.79 bits per heavy atom. The molecule has 78 valence electrons. The highest BCUT2D eigenvalue weighted by atomic mass is 16.5. The van der Waals surface area contributed by atoms with Crippen LogP contribution in [0.3, 0.4) is 0 Å². The summed E-state index contributed by atoms with van der Waals surface area (Å²) in [5.74, 6) is 0.923. The predicted octanol–water partition coefficient (Wildman–Crippen LogP) is 1.35. The zero-order valence-corrected chi connectivity index (χ0v) is 9.08. The lowest BCUT2D eigenvalue weighted by Gasteiger charge is -2.13. The minimum atomic E-state index is 0.702. The largest absolute Gasteiger partial charge is 0.492 e. The van der Waals surface area contributed by atoms with Crippen molar-refractivity contribution in [3.63, 3.8) is 0 Å². The maximum atomic E-state index is 5.55. The van der Waals surface area contributed by atoms with Gasteiger partial charge >= 0.3 is 0 Å². The van der Waals surface area contributed by atoms with Gasteiger partial charge in [0.15, 0.2) is 0 Å². The lowest BCUT2D eigenvalue weighted by Crippen LogP contribution is -2.16. The minimum absolute atomic E-state index is 0.702. The highest BCUT2D eigenvalue weighted by Gasteiger charge is 1.97. The Labute approximate surface area is 85.7 Å². The third-order valence-corrected chi connectivity index (χ3v) is 1.95. The number of hydrogen-bond donors (Lipinski definition) is 1. The molecule has 0 bridgehead atoms. The van der Waals surface area contributed by atoms with Gasteiger partial charge in [-0.2, -0.15) is 0 Å². The van der Waals surface area contributed by atoms with E-state index in [0.717, 1.165) is 18.0 Å². The highest BCUT2D eigenvalue weighted by molar-refractivity contribution is 5.49. The molecule has 0 aromatic heterocycles. The Balaban J connectivity index is 2.55. The summed E-state index contributed by atoms with van der Waals surface area (Å²) in [5.41, 5.74) is 1.16. The van der Waals surface area contributed by atoms with Crippen LogP contribution in [0.25, 0.3) is 0 Å². The standard InChI is InChI=1S/C11H18N2O/c1-12-7-8-14-11-6-4-5-10(9-11)13(2)3/h4-6,9,12H,7-8H2,1-3H3. The molecule has 1 aromatic carbocycles. The van der Waals surface area contributed by atoms with Gasteiger partial charge in [-0.15, -0.1) is 0 Å². The number of likely N-dealkylation sites (N-methyl/N-ethyl adjacent to an activating group) is 1. The topological polar surface area (TPSA) is 24.5 Å². The van der Waals surface area contributed by atoms with Crippen LogP contribution in [0.4, 0.5) is 5.69 Å². The average Bonchev–Trinajstić information content (AvgIpc) is 2.19. The van der Waals surface area contributed by atoms with E-state index in [0.29, 0.717) is 6.61 Å². The molecule has 1 N–H and O–H groups in total. The van der Waals surface area contributed by atoms with Crippen molar-refractivity contribution in [2.24, 2.45) is 0 Å². The number of nitrogens with zero attached hydrogens (tertiary/aromatic N) is 1. The van der Waals surface area contributed by atoms with Crippen molar-refractivity contribution in [1.82, 2.24) is 5.32 Å². The Morgan fingerprint density at radius 2 is 2.14 bits per heavy atom. The molecule has 3 heteroatoms. The number of hydrogen-bond acceptors (Lipinski definition) is 3. The van der Waals surface area contributed by atoms with Gasteiger partial charge in [-0.25, -0.2) is 0 Å². The summed E-state index contributed by atoms with van der Waals surface area (Å²) in [6.45, 7) is 1.57. The van der Waals surface area contributed by atoms with Crippen LogP contribution in [-0.2, 0) is 0 Å². The highest BCUT2D eigenvalue weighted by Crippen LogP contribution is 2.18. The number of anilines is 1. The minimum Gasteiger partial charge on any atom is -0.492 e. The molecule has 0 aliphatic carbocycles. The van der Waals surface area contributed by atoms with Crippen LogP contribution in [0.15, 0.2) is 24.3 Å². The maximum absolute atomic E-state index is 5.55.